The predicted molar refractivity (Wildman–Crippen MR) is 110 cm³/mol. The van der Waals surface area contributed by atoms with Crippen molar-refractivity contribution in [2.24, 2.45) is 7.05 Å². The second-order valence-electron chi connectivity index (χ2n) is 8.18. The second kappa shape index (κ2) is 6.48. The zero-order chi connectivity index (χ0) is 22.3. The van der Waals surface area contributed by atoms with E-state index in [-0.39, 0.29) is 24.1 Å². The molecule has 1 unspecified atom stereocenters. The fourth-order valence-corrected chi connectivity index (χ4v) is 5.13. The SMILES string of the molecule is Cn1nc(C(F)(F)F)c(CN2CC3(COc4cc5c(cc43)OCO5)c3ccccc32)c1Cl. The van der Waals surface area contributed by atoms with E-state index in [0.29, 0.717) is 30.4 Å². The minimum atomic E-state index is -4.60. The number of hydrogen-bond acceptors (Lipinski definition) is 5. The molecule has 0 N–H and O–H groups in total. The van der Waals surface area contributed by atoms with Gasteiger partial charge in [0.2, 0.25) is 6.79 Å². The van der Waals surface area contributed by atoms with E-state index in [2.05, 4.69) is 5.10 Å². The van der Waals surface area contributed by atoms with Crippen LogP contribution in [0.5, 0.6) is 17.2 Å². The molecule has 0 fully saturated rings. The molecular formula is C22H17ClF3N3O3. The maximum atomic E-state index is 13.6. The lowest BCUT2D eigenvalue weighted by atomic mass is 9.77. The maximum absolute atomic E-state index is 13.6. The smallest absolute Gasteiger partial charge is 0.435 e. The van der Waals surface area contributed by atoms with Gasteiger partial charge in [0, 0.05) is 43.0 Å². The summed E-state index contributed by atoms with van der Waals surface area (Å²) in [5.41, 5.74) is 1.22. The Morgan fingerprint density at radius 1 is 1.06 bits per heavy atom. The van der Waals surface area contributed by atoms with Gasteiger partial charge in [-0.05, 0) is 17.7 Å². The van der Waals surface area contributed by atoms with E-state index in [9.17, 15) is 13.2 Å². The van der Waals surface area contributed by atoms with Crippen LogP contribution in [0.25, 0.3) is 0 Å². The Balaban J connectivity index is 1.45. The number of benzene rings is 2. The monoisotopic (exact) mass is 463 g/mol. The van der Waals surface area contributed by atoms with E-state index >= 15 is 0 Å². The lowest BCUT2D eigenvalue weighted by Crippen LogP contribution is -2.36. The third kappa shape index (κ3) is 2.63. The van der Waals surface area contributed by atoms with Crippen molar-refractivity contribution in [2.75, 3.05) is 24.8 Å². The summed E-state index contributed by atoms with van der Waals surface area (Å²) >= 11 is 6.24. The van der Waals surface area contributed by atoms with Gasteiger partial charge in [0.05, 0.1) is 5.41 Å². The molecule has 2 aromatic carbocycles. The van der Waals surface area contributed by atoms with Crippen molar-refractivity contribution in [2.45, 2.75) is 18.1 Å². The first kappa shape index (κ1) is 19.6. The summed E-state index contributed by atoms with van der Waals surface area (Å²) in [6.45, 7) is 0.918. The van der Waals surface area contributed by atoms with E-state index in [1.165, 1.54) is 7.05 Å². The van der Waals surface area contributed by atoms with Crippen LogP contribution in [0, 0.1) is 0 Å². The van der Waals surface area contributed by atoms with Crippen molar-refractivity contribution < 1.29 is 27.4 Å². The minimum absolute atomic E-state index is 0.0257. The van der Waals surface area contributed by atoms with Gasteiger partial charge in [0.15, 0.2) is 17.2 Å². The number of halogens is 4. The molecule has 0 aliphatic carbocycles. The van der Waals surface area contributed by atoms with Crippen molar-refractivity contribution in [1.29, 1.82) is 0 Å². The van der Waals surface area contributed by atoms with Gasteiger partial charge in [-0.1, -0.05) is 29.8 Å². The summed E-state index contributed by atoms with van der Waals surface area (Å²) in [5, 5.41) is 3.60. The van der Waals surface area contributed by atoms with Crippen LogP contribution < -0.4 is 19.1 Å². The van der Waals surface area contributed by atoms with E-state index in [0.717, 1.165) is 21.5 Å². The first-order valence-electron chi connectivity index (χ1n) is 9.98. The number of aryl methyl sites for hydroxylation is 1. The van der Waals surface area contributed by atoms with Crippen molar-refractivity contribution in [3.63, 3.8) is 0 Å². The summed E-state index contributed by atoms with van der Waals surface area (Å²) < 4.78 is 59.0. The number of anilines is 1. The van der Waals surface area contributed by atoms with Crippen LogP contribution in [0.15, 0.2) is 36.4 Å². The number of para-hydroxylation sites is 1. The molecule has 166 valence electrons. The third-order valence-corrected chi connectivity index (χ3v) is 6.84. The Bertz CT molecular complexity index is 1260. The minimum Gasteiger partial charge on any atom is -0.492 e. The number of hydrogen-bond donors (Lipinski definition) is 0. The van der Waals surface area contributed by atoms with E-state index in [1.54, 1.807) is 0 Å². The molecule has 3 aromatic rings. The topological polar surface area (TPSA) is 48.8 Å². The molecule has 0 radical (unpaired) electrons. The fraction of sp³-hybridized carbons (Fsp3) is 0.318. The van der Waals surface area contributed by atoms with Crippen molar-refractivity contribution in [3.05, 3.63) is 63.9 Å². The normalized spacial score (nSPS) is 20.6. The molecule has 1 atom stereocenters. The van der Waals surface area contributed by atoms with Gasteiger partial charge in [-0.2, -0.15) is 18.3 Å². The predicted octanol–water partition coefficient (Wildman–Crippen LogP) is 4.52. The summed E-state index contributed by atoms with van der Waals surface area (Å²) in [7, 11) is 1.41. The highest BCUT2D eigenvalue weighted by Gasteiger charge is 2.51. The van der Waals surface area contributed by atoms with Gasteiger partial charge in [-0.25, -0.2) is 0 Å². The third-order valence-electron chi connectivity index (χ3n) is 6.37. The van der Waals surface area contributed by atoms with Gasteiger partial charge in [0.1, 0.15) is 17.5 Å². The maximum Gasteiger partial charge on any atom is 0.435 e. The summed E-state index contributed by atoms with van der Waals surface area (Å²) in [6.07, 6.45) is -4.60. The summed E-state index contributed by atoms with van der Waals surface area (Å²) in [4.78, 5) is 1.91. The molecule has 4 heterocycles. The quantitative estimate of drug-likeness (QED) is 0.559. The first-order chi connectivity index (χ1) is 15.3. The van der Waals surface area contributed by atoms with Crippen LogP contribution in [0.1, 0.15) is 22.4 Å². The molecule has 10 heteroatoms. The van der Waals surface area contributed by atoms with Gasteiger partial charge in [-0.15, -0.1) is 0 Å². The molecule has 0 saturated heterocycles. The molecule has 0 saturated carbocycles. The van der Waals surface area contributed by atoms with E-state index in [4.69, 9.17) is 25.8 Å². The number of fused-ring (bicyclic) bond motifs is 5. The fourth-order valence-electron chi connectivity index (χ4n) is 4.95. The van der Waals surface area contributed by atoms with Crippen LogP contribution in [-0.4, -0.2) is 29.7 Å². The Labute approximate surface area is 186 Å². The average Bonchev–Trinajstić information content (AvgIpc) is 3.50. The number of aromatic nitrogens is 2. The van der Waals surface area contributed by atoms with Gasteiger partial charge < -0.3 is 19.1 Å². The van der Waals surface area contributed by atoms with Crippen molar-refractivity contribution in [1.82, 2.24) is 9.78 Å². The highest BCUT2D eigenvalue weighted by atomic mass is 35.5. The zero-order valence-corrected chi connectivity index (χ0v) is 17.6. The molecule has 3 aliphatic heterocycles. The van der Waals surface area contributed by atoms with Crippen molar-refractivity contribution in [3.8, 4) is 17.2 Å². The molecular weight excluding hydrogens is 447 g/mol. The largest absolute Gasteiger partial charge is 0.492 e. The van der Waals surface area contributed by atoms with Gasteiger partial charge in [0.25, 0.3) is 0 Å². The van der Waals surface area contributed by atoms with Crippen LogP contribution in [-0.2, 0) is 25.2 Å². The zero-order valence-electron chi connectivity index (χ0n) is 16.9. The molecule has 1 aromatic heterocycles. The average molecular weight is 464 g/mol. The Hall–Kier alpha value is -3.07. The van der Waals surface area contributed by atoms with Crippen LogP contribution in [0.4, 0.5) is 18.9 Å². The van der Waals surface area contributed by atoms with Crippen molar-refractivity contribution >= 4 is 17.3 Å². The molecule has 0 bridgehead atoms. The number of alkyl halides is 3. The lowest BCUT2D eigenvalue weighted by Gasteiger charge is -2.25. The highest BCUT2D eigenvalue weighted by molar-refractivity contribution is 6.30. The number of nitrogens with zero attached hydrogens (tertiary/aromatic N) is 3. The summed E-state index contributed by atoms with van der Waals surface area (Å²) in [5.74, 6) is 1.96. The second-order valence-corrected chi connectivity index (χ2v) is 8.54. The molecule has 6 nitrogen and oxygen atoms in total. The molecule has 3 aliphatic rings. The van der Waals surface area contributed by atoms with E-state index < -0.39 is 17.3 Å². The van der Waals surface area contributed by atoms with Crippen LogP contribution in [0.3, 0.4) is 0 Å². The van der Waals surface area contributed by atoms with Gasteiger partial charge >= 0.3 is 6.18 Å². The van der Waals surface area contributed by atoms with Crippen LogP contribution >= 0.6 is 11.6 Å². The standard InChI is InChI=1S/C22H17ClF3N3O3/c1-28-20(23)12(19(27-28)22(24,25)26)8-29-9-21(13-4-2-3-5-15(13)29)10-30-16-7-18-17(6-14(16)21)31-11-32-18/h2-7H,8-11H2,1H3. The Morgan fingerprint density at radius 3 is 2.59 bits per heavy atom. The highest BCUT2D eigenvalue weighted by Crippen LogP contribution is 2.54. The number of ether oxygens (including phenoxy) is 3. The number of rotatable bonds is 2. The summed E-state index contributed by atoms with van der Waals surface area (Å²) in [6, 6.07) is 11.4. The Morgan fingerprint density at radius 2 is 1.81 bits per heavy atom. The molecule has 6 rings (SSSR count). The lowest BCUT2D eigenvalue weighted by molar-refractivity contribution is -0.142. The van der Waals surface area contributed by atoms with Crippen LogP contribution in [0.2, 0.25) is 5.15 Å². The van der Waals surface area contributed by atoms with Gasteiger partial charge in [-0.3, -0.25) is 4.68 Å². The molecule has 32 heavy (non-hydrogen) atoms. The first-order valence-corrected chi connectivity index (χ1v) is 10.4. The molecule has 0 amide bonds. The van der Waals surface area contributed by atoms with E-state index in [1.807, 2.05) is 41.3 Å². The molecule has 1 spiro atoms. The Kier molecular flexibility index (Phi) is 3.97.